The molecule has 0 radical (unpaired) electrons. The van der Waals surface area contributed by atoms with E-state index in [0.29, 0.717) is 19.4 Å². The first-order valence-corrected chi connectivity index (χ1v) is 4.66. The largest absolute Gasteiger partial charge is 0.480 e. The molecular formula is C8H9N3O5. The molecule has 1 atom stereocenters. The zero-order valence-corrected chi connectivity index (χ0v) is 8.16. The van der Waals surface area contributed by atoms with Crippen LogP contribution in [0.5, 0.6) is 0 Å². The number of carbonyl (C=O) groups is 2. The molecule has 0 saturated carbocycles. The maximum atomic E-state index is 10.9. The average molecular weight is 227 g/mol. The summed E-state index contributed by atoms with van der Waals surface area (Å²) in [7, 11) is 0. The highest BCUT2D eigenvalue weighted by Gasteiger charge is 2.35. The van der Waals surface area contributed by atoms with Crippen molar-refractivity contribution in [2.45, 2.75) is 18.9 Å². The van der Waals surface area contributed by atoms with E-state index in [0.717, 1.165) is 0 Å². The van der Waals surface area contributed by atoms with Crippen molar-refractivity contribution in [3.05, 3.63) is 5.69 Å². The van der Waals surface area contributed by atoms with Crippen LogP contribution >= 0.6 is 0 Å². The summed E-state index contributed by atoms with van der Waals surface area (Å²) in [5.74, 6) is -2.30. The minimum absolute atomic E-state index is 0.0163. The lowest BCUT2D eigenvalue weighted by molar-refractivity contribution is -0.138. The third kappa shape index (κ3) is 1.58. The van der Waals surface area contributed by atoms with E-state index in [1.807, 2.05) is 0 Å². The number of rotatable bonds is 3. The van der Waals surface area contributed by atoms with Gasteiger partial charge < -0.3 is 15.1 Å². The molecule has 16 heavy (non-hydrogen) atoms. The number of aromatic carboxylic acids is 1. The van der Waals surface area contributed by atoms with E-state index in [1.54, 1.807) is 0 Å². The molecule has 0 amide bonds. The van der Waals surface area contributed by atoms with Crippen molar-refractivity contribution in [3.63, 3.8) is 0 Å². The van der Waals surface area contributed by atoms with Gasteiger partial charge in [0, 0.05) is 6.54 Å². The molecule has 0 bridgehead atoms. The molecule has 0 aliphatic carbocycles. The Morgan fingerprint density at radius 1 is 1.38 bits per heavy atom. The molecule has 1 aromatic heterocycles. The number of nitrogens with zero attached hydrogens (tertiary/aromatic N) is 3. The fraction of sp³-hybridized carbons (Fsp3) is 0.500. The predicted octanol–water partition coefficient (Wildman–Crippen LogP) is -0.179. The van der Waals surface area contributed by atoms with Crippen LogP contribution in [0.4, 0.5) is 5.82 Å². The maximum Gasteiger partial charge on any atom is 0.362 e. The summed E-state index contributed by atoms with van der Waals surface area (Å²) in [4.78, 5) is 23.1. The van der Waals surface area contributed by atoms with Crippen LogP contribution in [0.25, 0.3) is 0 Å². The van der Waals surface area contributed by atoms with Gasteiger partial charge in [0.15, 0.2) is 0 Å². The van der Waals surface area contributed by atoms with Gasteiger partial charge in [-0.3, -0.25) is 0 Å². The number of aromatic nitrogens is 2. The summed E-state index contributed by atoms with van der Waals surface area (Å²) in [6, 6.07) is -0.759. The predicted molar refractivity (Wildman–Crippen MR) is 49.3 cm³/mol. The third-order valence-corrected chi connectivity index (χ3v) is 2.48. The van der Waals surface area contributed by atoms with Crippen LogP contribution in [0.15, 0.2) is 4.63 Å². The van der Waals surface area contributed by atoms with E-state index >= 15 is 0 Å². The lowest BCUT2D eigenvalue weighted by Gasteiger charge is -2.19. The molecular weight excluding hydrogens is 218 g/mol. The molecule has 2 N–H and O–H groups in total. The Kier molecular flexibility index (Phi) is 2.47. The Labute approximate surface area is 89.4 Å². The summed E-state index contributed by atoms with van der Waals surface area (Å²) in [5, 5.41) is 24.4. The minimum atomic E-state index is -1.28. The van der Waals surface area contributed by atoms with E-state index in [4.69, 9.17) is 10.2 Å². The molecule has 0 aromatic carbocycles. The van der Waals surface area contributed by atoms with E-state index in [9.17, 15) is 9.59 Å². The standard InChI is InChI=1S/C8H9N3O5/c12-7(13)4-2-1-3-11(4)6-5(8(14)15)9-16-10-6/h4H,1-3H2,(H,12,13)(H,14,15). The van der Waals surface area contributed by atoms with Gasteiger partial charge in [-0.1, -0.05) is 0 Å². The van der Waals surface area contributed by atoms with Crippen LogP contribution in [0.1, 0.15) is 23.3 Å². The molecule has 1 aromatic rings. The molecule has 2 heterocycles. The van der Waals surface area contributed by atoms with Crippen molar-refractivity contribution in [2.75, 3.05) is 11.4 Å². The van der Waals surface area contributed by atoms with Gasteiger partial charge in [-0.2, -0.15) is 0 Å². The van der Waals surface area contributed by atoms with E-state index < -0.39 is 18.0 Å². The fourth-order valence-electron chi connectivity index (χ4n) is 1.78. The molecule has 8 nitrogen and oxygen atoms in total. The van der Waals surface area contributed by atoms with Gasteiger partial charge in [0.05, 0.1) is 0 Å². The van der Waals surface area contributed by atoms with Crippen LogP contribution in [-0.4, -0.2) is 45.1 Å². The summed E-state index contributed by atoms with van der Waals surface area (Å²) < 4.78 is 4.33. The molecule has 8 heteroatoms. The van der Waals surface area contributed by atoms with Crippen molar-refractivity contribution in [1.82, 2.24) is 10.3 Å². The Hall–Kier alpha value is -2.12. The Morgan fingerprint density at radius 2 is 2.12 bits per heavy atom. The van der Waals surface area contributed by atoms with E-state index in [1.165, 1.54) is 4.90 Å². The van der Waals surface area contributed by atoms with Gasteiger partial charge in [0.1, 0.15) is 6.04 Å². The highest BCUT2D eigenvalue weighted by Crippen LogP contribution is 2.26. The van der Waals surface area contributed by atoms with Crippen LogP contribution in [0.2, 0.25) is 0 Å². The molecule has 1 unspecified atom stereocenters. The van der Waals surface area contributed by atoms with Gasteiger partial charge in [0.2, 0.25) is 11.5 Å². The van der Waals surface area contributed by atoms with Gasteiger partial charge in [0.25, 0.3) is 0 Å². The topological polar surface area (TPSA) is 117 Å². The van der Waals surface area contributed by atoms with Crippen LogP contribution in [-0.2, 0) is 4.79 Å². The molecule has 1 saturated heterocycles. The molecule has 2 rings (SSSR count). The Balaban J connectivity index is 2.33. The summed E-state index contributed by atoms with van der Waals surface area (Å²) >= 11 is 0. The molecule has 86 valence electrons. The van der Waals surface area contributed by atoms with Crippen LogP contribution < -0.4 is 4.90 Å². The second-order valence-corrected chi connectivity index (χ2v) is 3.43. The number of anilines is 1. The SMILES string of the molecule is O=C(O)c1nonc1N1CCCC1C(=O)O. The number of hydrogen-bond acceptors (Lipinski definition) is 6. The fourth-order valence-corrected chi connectivity index (χ4v) is 1.78. The molecule has 1 fully saturated rings. The lowest BCUT2D eigenvalue weighted by Crippen LogP contribution is -2.37. The van der Waals surface area contributed by atoms with E-state index in [2.05, 4.69) is 14.9 Å². The van der Waals surface area contributed by atoms with Crippen molar-refractivity contribution < 1.29 is 24.4 Å². The Morgan fingerprint density at radius 3 is 2.75 bits per heavy atom. The highest BCUT2D eigenvalue weighted by atomic mass is 16.6. The maximum absolute atomic E-state index is 10.9. The second-order valence-electron chi connectivity index (χ2n) is 3.43. The first-order chi connectivity index (χ1) is 7.61. The second kappa shape index (κ2) is 3.80. The number of carboxylic acids is 2. The normalized spacial score (nSPS) is 20.0. The molecule has 0 spiro atoms. The molecule has 1 aliphatic heterocycles. The Bertz CT molecular complexity index is 429. The quantitative estimate of drug-likeness (QED) is 0.730. The van der Waals surface area contributed by atoms with Crippen molar-refractivity contribution in [2.24, 2.45) is 0 Å². The first kappa shape index (κ1) is 10.4. The smallest absolute Gasteiger partial charge is 0.362 e. The first-order valence-electron chi connectivity index (χ1n) is 4.66. The minimum Gasteiger partial charge on any atom is -0.480 e. The number of hydrogen-bond donors (Lipinski definition) is 2. The number of aliphatic carboxylic acids is 1. The monoisotopic (exact) mass is 227 g/mol. The van der Waals surface area contributed by atoms with Crippen molar-refractivity contribution in [1.29, 1.82) is 0 Å². The summed E-state index contributed by atoms with van der Waals surface area (Å²) in [6.07, 6.45) is 1.13. The van der Waals surface area contributed by atoms with Crippen molar-refractivity contribution >= 4 is 17.8 Å². The van der Waals surface area contributed by atoms with Crippen LogP contribution in [0, 0.1) is 0 Å². The zero-order chi connectivity index (χ0) is 11.7. The van der Waals surface area contributed by atoms with Crippen molar-refractivity contribution in [3.8, 4) is 0 Å². The van der Waals surface area contributed by atoms with Gasteiger partial charge >= 0.3 is 11.9 Å². The molecule has 1 aliphatic rings. The lowest BCUT2D eigenvalue weighted by atomic mass is 10.2. The average Bonchev–Trinajstić information content (AvgIpc) is 2.85. The summed E-state index contributed by atoms with van der Waals surface area (Å²) in [5.41, 5.74) is -0.354. The van der Waals surface area contributed by atoms with Gasteiger partial charge in [-0.15, -0.1) is 0 Å². The zero-order valence-electron chi connectivity index (χ0n) is 8.16. The van der Waals surface area contributed by atoms with Crippen LogP contribution in [0.3, 0.4) is 0 Å². The number of carboxylic acid groups (broad SMARTS) is 2. The van der Waals surface area contributed by atoms with Gasteiger partial charge in [-0.05, 0) is 23.2 Å². The highest BCUT2D eigenvalue weighted by molar-refractivity contribution is 5.92. The van der Waals surface area contributed by atoms with Gasteiger partial charge in [-0.25, -0.2) is 14.2 Å². The van der Waals surface area contributed by atoms with E-state index in [-0.39, 0.29) is 11.5 Å². The third-order valence-electron chi connectivity index (χ3n) is 2.48. The summed E-state index contributed by atoms with van der Waals surface area (Å²) in [6.45, 7) is 0.436.